The van der Waals surface area contributed by atoms with E-state index in [9.17, 15) is 13.2 Å². The summed E-state index contributed by atoms with van der Waals surface area (Å²) in [6.45, 7) is 0.0824. The Morgan fingerprint density at radius 1 is 0.909 bits per heavy atom. The second-order valence-electron chi connectivity index (χ2n) is 7.17. The minimum Gasteiger partial charge on any atom is -0.321 e. The Balaban J connectivity index is 1.71. The lowest BCUT2D eigenvalue weighted by Gasteiger charge is -2.26. The molecule has 0 fully saturated rings. The van der Waals surface area contributed by atoms with Gasteiger partial charge in [-0.3, -0.25) is 14.1 Å². The Bertz CT molecular complexity index is 1360. The molecule has 1 amide bonds. The van der Waals surface area contributed by atoms with Crippen LogP contribution in [0.4, 0.5) is 11.4 Å². The molecule has 4 rings (SSSR count). The number of sulfonamides is 1. The number of hydrogen-bond donors (Lipinski definition) is 1. The fraction of sp³-hybridized carbons (Fsp3) is 0.0400. The molecule has 1 N–H and O–H groups in total. The van der Waals surface area contributed by atoms with Gasteiger partial charge in [-0.25, -0.2) is 8.42 Å². The molecular formula is C25H20ClN3O3S. The summed E-state index contributed by atoms with van der Waals surface area (Å²) in [4.78, 5) is 16.7. The maximum absolute atomic E-state index is 13.7. The van der Waals surface area contributed by atoms with E-state index in [1.54, 1.807) is 54.7 Å². The quantitative estimate of drug-likeness (QED) is 0.387. The summed E-state index contributed by atoms with van der Waals surface area (Å²) in [5, 5.41) is 3.02. The summed E-state index contributed by atoms with van der Waals surface area (Å²) in [6, 6.07) is 25.3. The number of amides is 1. The van der Waals surface area contributed by atoms with E-state index in [-0.39, 0.29) is 17.0 Å². The van der Waals surface area contributed by atoms with Gasteiger partial charge in [-0.05, 0) is 48.0 Å². The van der Waals surface area contributed by atoms with Gasteiger partial charge in [0.15, 0.2) is 0 Å². The van der Waals surface area contributed by atoms with Crippen molar-refractivity contribution in [2.75, 3.05) is 9.62 Å². The molecule has 0 radical (unpaired) electrons. The normalized spacial score (nSPS) is 11.1. The summed E-state index contributed by atoms with van der Waals surface area (Å²) in [5.74, 6) is -0.438. The number of nitrogens with one attached hydrogen (secondary N) is 1. The second kappa shape index (κ2) is 9.85. The summed E-state index contributed by atoms with van der Waals surface area (Å²) in [6.07, 6.45) is 3.11. The van der Waals surface area contributed by atoms with Crippen molar-refractivity contribution in [3.05, 3.63) is 120 Å². The lowest BCUT2D eigenvalue weighted by atomic mass is 10.2. The Hall–Kier alpha value is -3.68. The highest BCUT2D eigenvalue weighted by Gasteiger charge is 2.27. The van der Waals surface area contributed by atoms with E-state index in [2.05, 4.69) is 10.3 Å². The zero-order chi connectivity index (χ0) is 23.3. The van der Waals surface area contributed by atoms with Gasteiger partial charge in [0, 0.05) is 11.8 Å². The molecule has 0 saturated heterocycles. The van der Waals surface area contributed by atoms with Gasteiger partial charge in [-0.1, -0.05) is 60.1 Å². The predicted octanol–water partition coefficient (Wildman–Crippen LogP) is 5.38. The van der Waals surface area contributed by atoms with Gasteiger partial charge in [0.2, 0.25) is 0 Å². The smallest absolute Gasteiger partial charge is 0.264 e. The van der Waals surface area contributed by atoms with Crippen LogP contribution in [0.2, 0.25) is 5.02 Å². The first-order chi connectivity index (χ1) is 15.9. The molecule has 0 saturated carbocycles. The van der Waals surface area contributed by atoms with Crippen molar-refractivity contribution in [1.82, 2.24) is 4.98 Å². The van der Waals surface area contributed by atoms with E-state index in [1.165, 1.54) is 22.6 Å². The van der Waals surface area contributed by atoms with E-state index < -0.39 is 15.9 Å². The van der Waals surface area contributed by atoms with Crippen molar-refractivity contribution in [3.8, 4) is 0 Å². The minimum atomic E-state index is -4.05. The number of carbonyl (C=O) groups is 1. The van der Waals surface area contributed by atoms with Crippen LogP contribution < -0.4 is 9.62 Å². The van der Waals surface area contributed by atoms with Crippen molar-refractivity contribution >= 4 is 38.9 Å². The number of hydrogen-bond acceptors (Lipinski definition) is 4. The Kier molecular flexibility index (Phi) is 6.72. The molecule has 166 valence electrons. The highest BCUT2D eigenvalue weighted by atomic mass is 35.5. The molecule has 1 heterocycles. The molecule has 33 heavy (non-hydrogen) atoms. The third kappa shape index (κ3) is 5.22. The number of carbonyl (C=O) groups excluding carboxylic acids is 1. The van der Waals surface area contributed by atoms with Crippen LogP contribution in [0.1, 0.15) is 15.9 Å². The molecule has 6 nitrogen and oxygen atoms in total. The zero-order valence-electron chi connectivity index (χ0n) is 17.4. The lowest BCUT2D eigenvalue weighted by molar-refractivity contribution is 0.102. The summed E-state index contributed by atoms with van der Waals surface area (Å²) < 4.78 is 28.7. The molecule has 0 unspecified atom stereocenters. The van der Waals surface area contributed by atoms with Gasteiger partial charge in [0.05, 0.1) is 34.0 Å². The van der Waals surface area contributed by atoms with Gasteiger partial charge in [0.25, 0.3) is 15.9 Å². The van der Waals surface area contributed by atoms with Crippen LogP contribution in [-0.2, 0) is 16.6 Å². The molecule has 0 aliphatic heterocycles. The van der Waals surface area contributed by atoms with Crippen LogP contribution in [0.15, 0.2) is 108 Å². The maximum atomic E-state index is 13.7. The molecule has 8 heteroatoms. The highest BCUT2D eigenvalue weighted by Crippen LogP contribution is 2.32. The van der Waals surface area contributed by atoms with E-state index in [0.29, 0.717) is 16.4 Å². The first kappa shape index (κ1) is 22.5. The van der Waals surface area contributed by atoms with Gasteiger partial charge in [-0.2, -0.15) is 0 Å². The van der Waals surface area contributed by atoms with E-state index >= 15 is 0 Å². The monoisotopic (exact) mass is 477 g/mol. The second-order valence-corrected chi connectivity index (χ2v) is 9.44. The van der Waals surface area contributed by atoms with E-state index in [4.69, 9.17) is 11.6 Å². The van der Waals surface area contributed by atoms with Crippen molar-refractivity contribution in [2.24, 2.45) is 0 Å². The number of nitrogens with zero attached hydrogens (tertiary/aromatic N) is 2. The highest BCUT2D eigenvalue weighted by molar-refractivity contribution is 7.92. The van der Waals surface area contributed by atoms with Crippen LogP contribution in [0.25, 0.3) is 0 Å². The van der Waals surface area contributed by atoms with Crippen molar-refractivity contribution < 1.29 is 13.2 Å². The number of benzene rings is 3. The average Bonchev–Trinajstić information content (AvgIpc) is 2.84. The largest absolute Gasteiger partial charge is 0.321 e. The molecule has 1 aromatic heterocycles. The Labute approximate surface area is 197 Å². The third-order valence-corrected chi connectivity index (χ3v) is 6.97. The third-order valence-electron chi connectivity index (χ3n) is 4.89. The fourth-order valence-electron chi connectivity index (χ4n) is 3.27. The molecule has 0 atom stereocenters. The number of rotatable bonds is 7. The molecule has 0 aliphatic rings. The van der Waals surface area contributed by atoms with Crippen molar-refractivity contribution in [2.45, 2.75) is 11.4 Å². The molecular weight excluding hydrogens is 458 g/mol. The first-order valence-corrected chi connectivity index (χ1v) is 11.9. The lowest BCUT2D eigenvalue weighted by Crippen LogP contribution is -2.31. The van der Waals surface area contributed by atoms with Gasteiger partial charge >= 0.3 is 0 Å². The van der Waals surface area contributed by atoms with E-state index in [1.807, 2.05) is 30.3 Å². The molecule has 0 bridgehead atoms. The SMILES string of the molecule is O=C(Nc1cccnc1)c1cccc(S(=O)(=O)N(Cc2ccccc2)c2ccccc2Cl)c1. The van der Waals surface area contributed by atoms with Crippen LogP contribution >= 0.6 is 11.6 Å². The van der Waals surface area contributed by atoms with Crippen molar-refractivity contribution in [3.63, 3.8) is 0 Å². The van der Waals surface area contributed by atoms with E-state index in [0.717, 1.165) is 5.56 Å². The summed E-state index contributed by atoms with van der Waals surface area (Å²) in [5.41, 5.74) is 1.87. The number of pyridine rings is 1. The fourth-order valence-corrected chi connectivity index (χ4v) is 5.07. The molecule has 4 aromatic rings. The summed E-state index contributed by atoms with van der Waals surface area (Å²) >= 11 is 6.37. The molecule has 0 aliphatic carbocycles. The van der Waals surface area contributed by atoms with Gasteiger partial charge in [0.1, 0.15) is 0 Å². The number of para-hydroxylation sites is 1. The van der Waals surface area contributed by atoms with Gasteiger partial charge < -0.3 is 5.32 Å². The first-order valence-electron chi connectivity index (χ1n) is 10.1. The standard InChI is InChI=1S/C25H20ClN3O3S/c26-23-13-4-5-14-24(23)29(18-19-8-2-1-3-9-19)33(31,32)22-12-6-10-20(16-22)25(30)28-21-11-7-15-27-17-21/h1-17H,18H2,(H,28,30). The topological polar surface area (TPSA) is 79.4 Å². The zero-order valence-corrected chi connectivity index (χ0v) is 19.0. The summed E-state index contributed by atoms with van der Waals surface area (Å²) in [7, 11) is -4.05. The number of halogens is 1. The van der Waals surface area contributed by atoms with Crippen LogP contribution in [0, 0.1) is 0 Å². The minimum absolute atomic E-state index is 0.0165. The van der Waals surface area contributed by atoms with Crippen molar-refractivity contribution in [1.29, 1.82) is 0 Å². The van der Waals surface area contributed by atoms with Crippen LogP contribution in [0.5, 0.6) is 0 Å². The number of aromatic nitrogens is 1. The number of anilines is 2. The molecule has 0 spiro atoms. The molecule has 3 aromatic carbocycles. The maximum Gasteiger partial charge on any atom is 0.264 e. The van der Waals surface area contributed by atoms with Crippen LogP contribution in [-0.4, -0.2) is 19.3 Å². The van der Waals surface area contributed by atoms with Crippen LogP contribution in [0.3, 0.4) is 0 Å². The Morgan fingerprint density at radius 3 is 2.39 bits per heavy atom. The van der Waals surface area contributed by atoms with Gasteiger partial charge in [-0.15, -0.1) is 0 Å². The average molecular weight is 478 g/mol. The Morgan fingerprint density at radius 2 is 1.67 bits per heavy atom. The predicted molar refractivity (Wildman–Crippen MR) is 130 cm³/mol.